The number of carbonyl (C=O) groups is 4. The average Bonchev–Trinajstić information content (AvgIpc) is 3.59. The van der Waals surface area contributed by atoms with Crippen molar-refractivity contribution in [3.05, 3.63) is 12.2 Å². The van der Waals surface area contributed by atoms with Crippen LogP contribution in [-0.4, -0.2) is 126 Å². The largest absolute Gasteiger partial charge is 0.447 e. The van der Waals surface area contributed by atoms with Gasteiger partial charge in [-0.05, 0) is 38.2 Å². The molecule has 16 heteroatoms. The third-order valence-corrected chi connectivity index (χ3v) is 8.65. The Hall–Kier alpha value is -2.79. The quantitative estimate of drug-likeness (QED) is 0.0644. The number of fused-ring (bicyclic) bond motifs is 1. The molecule has 5 amide bonds. The van der Waals surface area contributed by atoms with Crippen molar-refractivity contribution in [3.8, 4) is 0 Å². The predicted molar refractivity (Wildman–Crippen MR) is 166 cm³/mol. The van der Waals surface area contributed by atoms with Gasteiger partial charge in [0.25, 0.3) is 0 Å². The number of amides is 5. The summed E-state index contributed by atoms with van der Waals surface area (Å²) >= 11 is 1.87. The van der Waals surface area contributed by atoms with E-state index in [1.807, 2.05) is 11.8 Å². The fourth-order valence-electron chi connectivity index (χ4n) is 4.84. The summed E-state index contributed by atoms with van der Waals surface area (Å²) in [6.45, 7) is 3.42. The highest BCUT2D eigenvalue weighted by atomic mass is 32.2. The maximum atomic E-state index is 12.0. The summed E-state index contributed by atoms with van der Waals surface area (Å²) in [5.41, 5.74) is 0. The third kappa shape index (κ3) is 16.4. The summed E-state index contributed by atoms with van der Waals surface area (Å²) in [5.74, 6) is 0.875. The molecule has 3 aliphatic rings. The number of unbranched alkanes of at least 4 members (excludes halogenated alkanes) is 1. The Morgan fingerprint density at radius 3 is 2.47 bits per heavy atom. The van der Waals surface area contributed by atoms with Crippen LogP contribution in [0.15, 0.2) is 12.2 Å². The van der Waals surface area contributed by atoms with Crippen LogP contribution in [0.2, 0.25) is 0 Å². The van der Waals surface area contributed by atoms with Gasteiger partial charge in [-0.2, -0.15) is 11.8 Å². The van der Waals surface area contributed by atoms with Crippen LogP contribution in [-0.2, 0) is 33.2 Å². The Labute approximate surface area is 268 Å². The molecule has 0 spiro atoms. The molecule has 0 aromatic carbocycles. The van der Waals surface area contributed by atoms with Crippen molar-refractivity contribution >= 4 is 35.9 Å². The van der Waals surface area contributed by atoms with E-state index < -0.39 is 12.2 Å². The molecule has 5 N–H and O–H groups in total. The molecule has 3 rings (SSSR count). The van der Waals surface area contributed by atoms with Crippen LogP contribution < -0.4 is 26.6 Å². The lowest BCUT2D eigenvalue weighted by Crippen LogP contribution is -2.36. The van der Waals surface area contributed by atoms with E-state index in [-0.39, 0.29) is 56.7 Å². The molecule has 4 atom stereocenters. The van der Waals surface area contributed by atoms with E-state index in [2.05, 4.69) is 26.6 Å². The maximum absolute atomic E-state index is 12.0. The summed E-state index contributed by atoms with van der Waals surface area (Å²) in [4.78, 5) is 46.8. The number of hydrogen-bond donors (Lipinski definition) is 5. The minimum atomic E-state index is -0.583. The van der Waals surface area contributed by atoms with E-state index in [9.17, 15) is 19.2 Å². The van der Waals surface area contributed by atoms with E-state index in [4.69, 9.17) is 28.4 Å². The van der Waals surface area contributed by atoms with Gasteiger partial charge < -0.3 is 55.0 Å². The van der Waals surface area contributed by atoms with E-state index in [0.29, 0.717) is 51.2 Å². The number of alkyl carbamates (subject to hydrolysis) is 2. The minimum Gasteiger partial charge on any atom is -0.447 e. The van der Waals surface area contributed by atoms with Crippen molar-refractivity contribution in [2.75, 3.05) is 78.2 Å². The summed E-state index contributed by atoms with van der Waals surface area (Å²) in [5, 5.41) is 14.3. The summed E-state index contributed by atoms with van der Waals surface area (Å²) in [7, 11) is 0. The molecule has 0 radical (unpaired) electrons. The molecule has 256 valence electrons. The predicted octanol–water partition coefficient (Wildman–Crippen LogP) is 1.41. The molecule has 3 heterocycles. The average molecular weight is 660 g/mol. The molecule has 0 saturated carbocycles. The Morgan fingerprint density at radius 2 is 1.62 bits per heavy atom. The van der Waals surface area contributed by atoms with Crippen molar-refractivity contribution in [1.29, 1.82) is 0 Å². The molecule has 15 nitrogen and oxygen atoms in total. The molecule has 0 aromatic heterocycles. The number of carbonyl (C=O) groups excluding carboxylic acids is 4. The molecule has 3 fully saturated rings. The first kappa shape index (κ1) is 36.7. The van der Waals surface area contributed by atoms with Crippen LogP contribution in [0.4, 0.5) is 14.4 Å². The number of hydrogen-bond acceptors (Lipinski definition) is 11. The van der Waals surface area contributed by atoms with E-state index in [1.165, 1.54) is 0 Å². The number of nitrogens with one attached hydrogen (secondary N) is 5. The molecule has 1 unspecified atom stereocenters. The summed E-state index contributed by atoms with van der Waals surface area (Å²) < 4.78 is 31.8. The highest BCUT2D eigenvalue weighted by molar-refractivity contribution is 8.00. The van der Waals surface area contributed by atoms with Crippen molar-refractivity contribution in [2.45, 2.75) is 68.6 Å². The summed E-state index contributed by atoms with van der Waals surface area (Å²) in [6.07, 6.45) is 8.44. The molecular formula is C29H49N5O10S. The van der Waals surface area contributed by atoms with E-state index >= 15 is 0 Å². The van der Waals surface area contributed by atoms with Crippen LogP contribution >= 0.6 is 11.8 Å². The van der Waals surface area contributed by atoms with Crippen LogP contribution in [0, 0.1) is 0 Å². The molecule has 0 bridgehead atoms. The minimum absolute atomic E-state index is 0.0559. The van der Waals surface area contributed by atoms with Crippen molar-refractivity contribution in [2.24, 2.45) is 0 Å². The second kappa shape index (κ2) is 22.7. The number of thioether (sulfide) groups is 1. The van der Waals surface area contributed by atoms with E-state index in [1.54, 1.807) is 12.2 Å². The fraction of sp³-hybridized carbons (Fsp3) is 0.793. The Morgan fingerprint density at radius 1 is 0.867 bits per heavy atom. The molecule has 3 saturated heterocycles. The zero-order valence-corrected chi connectivity index (χ0v) is 26.7. The molecule has 0 aliphatic carbocycles. The molecule has 45 heavy (non-hydrogen) atoms. The monoisotopic (exact) mass is 659 g/mol. The standard InChI is InChI=1S/C29H49N5O10S/c35-24(8-2-1-7-23-26-22(21-45-23)33-27(36)34-26)30-10-11-31-28(37)44-20-19-40-18-17-39-16-12-32-29(38)43-15-6-5-14-42-25-9-3-4-13-41-25/h5-6,22-23,25-26H,1-4,7-21H2,(H,30,35)(H,31,37)(H,32,38)(H2,33,34,36)/b6-5+/t22-,23-,25?,26-/m0/s1. The topological polar surface area (TPSA) is 184 Å². The SMILES string of the molecule is O=C(CCCC[C@@H]1SC[C@@H]2NC(=O)N[C@@H]21)NCCNC(=O)OCCOCCOCCNC(=O)OC/C=C/COC1CCCCO1. The van der Waals surface area contributed by atoms with Gasteiger partial charge in [-0.1, -0.05) is 12.5 Å². The van der Waals surface area contributed by atoms with Crippen LogP contribution in [0.5, 0.6) is 0 Å². The first-order chi connectivity index (χ1) is 22.0. The molecular weight excluding hydrogens is 610 g/mol. The van der Waals surface area contributed by atoms with Crippen molar-refractivity contribution < 1.29 is 47.6 Å². The first-order valence-corrected chi connectivity index (χ1v) is 16.9. The normalized spacial score (nSPS) is 22.4. The maximum Gasteiger partial charge on any atom is 0.407 e. The van der Waals surface area contributed by atoms with Crippen LogP contribution in [0.25, 0.3) is 0 Å². The number of ether oxygens (including phenoxy) is 6. The lowest BCUT2D eigenvalue weighted by Gasteiger charge is -2.21. The lowest BCUT2D eigenvalue weighted by molar-refractivity contribution is -0.155. The Balaban J connectivity index is 1.00. The molecule has 0 aromatic rings. The Bertz CT molecular complexity index is 924. The number of urea groups is 1. The lowest BCUT2D eigenvalue weighted by atomic mass is 10.0. The second-order valence-corrected chi connectivity index (χ2v) is 11.9. The highest BCUT2D eigenvalue weighted by Crippen LogP contribution is 2.33. The van der Waals surface area contributed by atoms with Crippen molar-refractivity contribution in [1.82, 2.24) is 26.6 Å². The van der Waals surface area contributed by atoms with Gasteiger partial charge in [-0.3, -0.25) is 4.79 Å². The zero-order valence-electron chi connectivity index (χ0n) is 25.9. The number of rotatable bonds is 22. The zero-order chi connectivity index (χ0) is 32.0. The van der Waals surface area contributed by atoms with Gasteiger partial charge in [0, 0.05) is 43.7 Å². The van der Waals surface area contributed by atoms with E-state index in [0.717, 1.165) is 50.9 Å². The van der Waals surface area contributed by atoms with Gasteiger partial charge in [0.15, 0.2) is 6.29 Å². The van der Waals surface area contributed by atoms with Gasteiger partial charge in [0.2, 0.25) is 5.91 Å². The molecule has 3 aliphatic heterocycles. The van der Waals surface area contributed by atoms with Gasteiger partial charge in [0.1, 0.15) is 13.2 Å². The van der Waals surface area contributed by atoms with Crippen LogP contribution in [0.1, 0.15) is 44.9 Å². The van der Waals surface area contributed by atoms with Gasteiger partial charge in [-0.25, -0.2) is 14.4 Å². The summed E-state index contributed by atoms with van der Waals surface area (Å²) in [6, 6.07) is 0.320. The van der Waals surface area contributed by atoms with Gasteiger partial charge >= 0.3 is 18.2 Å². The highest BCUT2D eigenvalue weighted by Gasteiger charge is 2.42. The smallest absolute Gasteiger partial charge is 0.407 e. The van der Waals surface area contributed by atoms with Gasteiger partial charge in [-0.15, -0.1) is 0 Å². The third-order valence-electron chi connectivity index (χ3n) is 7.14. The Kier molecular flexibility index (Phi) is 18.5. The fourth-order valence-corrected chi connectivity index (χ4v) is 6.38. The first-order valence-electron chi connectivity index (χ1n) is 15.8. The van der Waals surface area contributed by atoms with Crippen molar-refractivity contribution in [3.63, 3.8) is 0 Å². The van der Waals surface area contributed by atoms with Crippen LogP contribution in [0.3, 0.4) is 0 Å². The van der Waals surface area contributed by atoms with Gasteiger partial charge in [0.05, 0.1) is 45.1 Å². The second-order valence-electron chi connectivity index (χ2n) is 10.6.